The third kappa shape index (κ3) is 0.962. The van der Waals surface area contributed by atoms with Crippen LogP contribution in [0.4, 0.5) is 0 Å². The first-order valence-electron chi connectivity index (χ1n) is 2.00. The zero-order valence-corrected chi connectivity index (χ0v) is 4.44. The number of alkyl halides is 1. The zero-order valence-electron chi connectivity index (χ0n) is 3.69. The summed E-state index contributed by atoms with van der Waals surface area (Å²) in [5.74, 6) is 0.583. The molecule has 0 aromatic carbocycles. The fourth-order valence-electron chi connectivity index (χ4n) is 0.428. The van der Waals surface area contributed by atoms with Crippen molar-refractivity contribution in [3.63, 3.8) is 0 Å². The molecule has 3 N–H and O–H groups in total. The van der Waals surface area contributed by atoms with Crippen LogP contribution in [0.1, 0.15) is 6.42 Å². The lowest BCUT2D eigenvalue weighted by Crippen LogP contribution is -2.12. The van der Waals surface area contributed by atoms with E-state index in [1.54, 1.807) is 0 Å². The Morgan fingerprint density at radius 3 is 2.86 bits per heavy atom. The fraction of sp³-hybridized carbons (Fsp3) is 0.667. The summed E-state index contributed by atoms with van der Waals surface area (Å²) in [7, 11) is 0. The Morgan fingerprint density at radius 1 is 2.00 bits per heavy atom. The van der Waals surface area contributed by atoms with Crippen LogP contribution in [-0.4, -0.2) is 11.3 Å². The Morgan fingerprint density at radius 2 is 2.71 bits per heavy atom. The van der Waals surface area contributed by atoms with Gasteiger partial charge in [0.25, 0.3) is 0 Å². The molecule has 0 aromatic heterocycles. The Balaban J connectivity index is 2.42. The van der Waals surface area contributed by atoms with Gasteiger partial charge in [-0.05, 0) is 0 Å². The van der Waals surface area contributed by atoms with E-state index in [0.717, 1.165) is 0 Å². The quantitative estimate of drug-likeness (QED) is 0.343. The van der Waals surface area contributed by atoms with Crippen LogP contribution < -0.4 is 11.2 Å². The van der Waals surface area contributed by atoms with Gasteiger partial charge in [-0.2, -0.15) is 5.10 Å². The van der Waals surface area contributed by atoms with Crippen molar-refractivity contribution in [3.05, 3.63) is 0 Å². The molecule has 0 spiro atoms. The number of halogens is 1. The Kier molecular flexibility index (Phi) is 1.06. The van der Waals surface area contributed by atoms with E-state index >= 15 is 0 Å². The maximum Gasteiger partial charge on any atom is 0.125 e. The van der Waals surface area contributed by atoms with Crippen LogP contribution in [0.2, 0.25) is 0 Å². The highest BCUT2D eigenvalue weighted by molar-refractivity contribution is 6.22. The summed E-state index contributed by atoms with van der Waals surface area (Å²) in [5.41, 5.74) is 7.74. The summed E-state index contributed by atoms with van der Waals surface area (Å²) in [4.78, 5) is 0. The molecule has 3 nitrogen and oxygen atoms in total. The standard InChI is InChI=1S/C3H6ClN3/c4-2-1-3(5)7-6-2/h2,6H,1H2,(H2,5,7). The van der Waals surface area contributed by atoms with E-state index in [4.69, 9.17) is 17.3 Å². The molecule has 1 aliphatic heterocycles. The fourth-order valence-corrected chi connectivity index (χ4v) is 0.635. The maximum atomic E-state index is 5.50. The van der Waals surface area contributed by atoms with Gasteiger partial charge in [0, 0.05) is 6.42 Å². The highest BCUT2D eigenvalue weighted by Gasteiger charge is 2.10. The van der Waals surface area contributed by atoms with Crippen molar-refractivity contribution in [1.29, 1.82) is 0 Å². The number of nitrogens with two attached hydrogens (primary N) is 1. The van der Waals surface area contributed by atoms with Crippen molar-refractivity contribution >= 4 is 17.4 Å². The second-order valence-corrected chi connectivity index (χ2v) is 1.93. The molecule has 0 saturated carbocycles. The second-order valence-electron chi connectivity index (χ2n) is 1.40. The van der Waals surface area contributed by atoms with Crippen LogP contribution in [0.3, 0.4) is 0 Å². The maximum absolute atomic E-state index is 5.50. The predicted molar refractivity (Wildman–Crippen MR) is 29.0 cm³/mol. The molecule has 1 aliphatic rings. The molecule has 1 atom stereocenters. The molecule has 0 radical (unpaired) electrons. The van der Waals surface area contributed by atoms with Gasteiger partial charge in [0.05, 0.1) is 0 Å². The van der Waals surface area contributed by atoms with Crippen LogP contribution >= 0.6 is 11.6 Å². The molecule has 0 amide bonds. The second kappa shape index (κ2) is 1.58. The molecular weight excluding hydrogens is 114 g/mol. The van der Waals surface area contributed by atoms with Gasteiger partial charge in [0.1, 0.15) is 11.3 Å². The van der Waals surface area contributed by atoms with Gasteiger partial charge in [-0.1, -0.05) is 11.6 Å². The lowest BCUT2D eigenvalue weighted by molar-refractivity contribution is 0.752. The summed E-state index contributed by atoms with van der Waals surface area (Å²) < 4.78 is 0. The minimum Gasteiger partial charge on any atom is -0.386 e. The molecule has 0 fully saturated rings. The Hall–Kier alpha value is -0.440. The summed E-state index contributed by atoms with van der Waals surface area (Å²) in [6.45, 7) is 0. The number of hydrogen-bond acceptors (Lipinski definition) is 3. The minimum absolute atomic E-state index is 0.0833. The Bertz CT molecular complexity index is 100. The van der Waals surface area contributed by atoms with Gasteiger partial charge in [-0.25, -0.2) is 0 Å². The highest BCUT2D eigenvalue weighted by Crippen LogP contribution is 2.02. The van der Waals surface area contributed by atoms with Gasteiger partial charge >= 0.3 is 0 Å². The van der Waals surface area contributed by atoms with Crippen LogP contribution in [-0.2, 0) is 0 Å². The molecule has 7 heavy (non-hydrogen) atoms. The summed E-state index contributed by atoms with van der Waals surface area (Å²) in [5, 5.41) is 3.63. The Labute approximate surface area is 46.5 Å². The minimum atomic E-state index is -0.0833. The van der Waals surface area contributed by atoms with E-state index in [-0.39, 0.29) is 5.50 Å². The number of hydrazone groups is 1. The molecular formula is C3H6ClN3. The number of hydrogen-bond donors (Lipinski definition) is 2. The highest BCUT2D eigenvalue weighted by atomic mass is 35.5. The number of nitrogens with zero attached hydrogens (tertiary/aromatic N) is 1. The monoisotopic (exact) mass is 119 g/mol. The van der Waals surface area contributed by atoms with Crippen molar-refractivity contribution in [2.24, 2.45) is 10.8 Å². The van der Waals surface area contributed by atoms with E-state index in [0.29, 0.717) is 12.3 Å². The average molecular weight is 120 g/mol. The predicted octanol–water partition coefficient (Wildman–Crippen LogP) is -0.183. The molecule has 4 heteroatoms. The van der Waals surface area contributed by atoms with Crippen LogP contribution in [0.5, 0.6) is 0 Å². The van der Waals surface area contributed by atoms with Crippen molar-refractivity contribution in [3.8, 4) is 0 Å². The lowest BCUT2D eigenvalue weighted by atomic mass is 10.4. The molecule has 1 rings (SSSR count). The van der Waals surface area contributed by atoms with Gasteiger partial charge in [0.2, 0.25) is 0 Å². The van der Waals surface area contributed by atoms with E-state index in [9.17, 15) is 0 Å². The first-order chi connectivity index (χ1) is 3.29. The van der Waals surface area contributed by atoms with Crippen LogP contribution in [0.25, 0.3) is 0 Å². The molecule has 1 unspecified atom stereocenters. The summed E-state index contributed by atoms with van der Waals surface area (Å²) in [6.07, 6.45) is 0.654. The zero-order chi connectivity index (χ0) is 5.28. The molecule has 0 bridgehead atoms. The summed E-state index contributed by atoms with van der Waals surface area (Å²) >= 11 is 5.50. The van der Waals surface area contributed by atoms with Crippen molar-refractivity contribution in [2.45, 2.75) is 11.9 Å². The molecule has 1 heterocycles. The molecule has 0 aromatic rings. The number of nitrogens with one attached hydrogen (secondary N) is 1. The number of rotatable bonds is 0. The third-order valence-electron chi connectivity index (χ3n) is 0.737. The SMILES string of the molecule is NC1=NNC(Cl)C1. The lowest BCUT2D eigenvalue weighted by Gasteiger charge is -1.92. The number of amidine groups is 1. The van der Waals surface area contributed by atoms with Crippen molar-refractivity contribution in [1.82, 2.24) is 5.43 Å². The molecule has 0 aliphatic carbocycles. The molecule has 0 saturated heterocycles. The molecule has 40 valence electrons. The smallest absolute Gasteiger partial charge is 0.125 e. The van der Waals surface area contributed by atoms with E-state index in [1.807, 2.05) is 0 Å². The van der Waals surface area contributed by atoms with Gasteiger partial charge in [-0.15, -0.1) is 0 Å². The van der Waals surface area contributed by atoms with Crippen molar-refractivity contribution < 1.29 is 0 Å². The van der Waals surface area contributed by atoms with E-state index < -0.39 is 0 Å². The summed E-state index contributed by atoms with van der Waals surface area (Å²) in [6, 6.07) is 0. The average Bonchev–Trinajstić information content (AvgIpc) is 1.87. The van der Waals surface area contributed by atoms with Crippen LogP contribution in [0.15, 0.2) is 5.10 Å². The topological polar surface area (TPSA) is 50.4 Å². The largest absolute Gasteiger partial charge is 0.386 e. The third-order valence-corrected chi connectivity index (χ3v) is 0.988. The first kappa shape index (κ1) is 4.71. The van der Waals surface area contributed by atoms with Crippen LogP contribution in [0, 0.1) is 0 Å². The van der Waals surface area contributed by atoms with E-state index in [1.165, 1.54) is 0 Å². The van der Waals surface area contributed by atoms with Gasteiger partial charge in [0.15, 0.2) is 0 Å². The first-order valence-corrected chi connectivity index (χ1v) is 2.44. The van der Waals surface area contributed by atoms with E-state index in [2.05, 4.69) is 10.5 Å². The van der Waals surface area contributed by atoms with Gasteiger partial charge in [-0.3, -0.25) is 5.43 Å². The van der Waals surface area contributed by atoms with Gasteiger partial charge < -0.3 is 5.73 Å². The van der Waals surface area contributed by atoms with Crippen molar-refractivity contribution in [2.75, 3.05) is 0 Å². The normalized spacial score (nSPS) is 29.3.